The van der Waals surface area contributed by atoms with Crippen molar-refractivity contribution in [3.8, 4) is 0 Å². The molecule has 1 fully saturated rings. The summed E-state index contributed by atoms with van der Waals surface area (Å²) in [6.07, 6.45) is 4.11. The van der Waals surface area contributed by atoms with Crippen molar-refractivity contribution in [2.24, 2.45) is 0 Å². The van der Waals surface area contributed by atoms with Gasteiger partial charge in [0.15, 0.2) is 0 Å². The van der Waals surface area contributed by atoms with Crippen LogP contribution in [0.4, 0.5) is 0 Å². The van der Waals surface area contributed by atoms with Gasteiger partial charge in [-0.15, -0.1) is 11.3 Å². The third-order valence-corrected chi connectivity index (χ3v) is 4.16. The molecule has 0 aromatic carbocycles. The highest BCUT2D eigenvalue weighted by molar-refractivity contribution is 7.09. The summed E-state index contributed by atoms with van der Waals surface area (Å²) in [5.41, 5.74) is -0.0234. The van der Waals surface area contributed by atoms with Gasteiger partial charge in [-0.05, 0) is 19.8 Å². The zero-order valence-corrected chi connectivity index (χ0v) is 11.3. The molecule has 0 bridgehead atoms. The van der Waals surface area contributed by atoms with Gasteiger partial charge in [0, 0.05) is 31.8 Å². The molecule has 0 radical (unpaired) electrons. The van der Waals surface area contributed by atoms with Gasteiger partial charge in [0.25, 0.3) is 0 Å². The first-order valence-electron chi connectivity index (χ1n) is 6.02. The predicted molar refractivity (Wildman–Crippen MR) is 68.3 cm³/mol. The minimum absolute atomic E-state index is 0.0234. The van der Waals surface area contributed by atoms with E-state index in [4.69, 9.17) is 9.47 Å². The number of hydrogen-bond acceptors (Lipinski definition) is 5. The lowest BCUT2D eigenvalue weighted by Crippen LogP contribution is -2.49. The molecule has 2 heterocycles. The molecule has 5 heteroatoms. The van der Waals surface area contributed by atoms with Gasteiger partial charge in [-0.2, -0.15) is 0 Å². The first-order valence-corrected chi connectivity index (χ1v) is 6.90. The zero-order chi connectivity index (χ0) is 12.1. The molecule has 1 N–H and O–H groups in total. The lowest BCUT2D eigenvalue weighted by Gasteiger charge is -2.39. The SMILES string of the molecule is COCCNC1(c2nccs2)CCOC(C)C1. The van der Waals surface area contributed by atoms with Gasteiger partial charge in [-0.1, -0.05) is 0 Å². The number of nitrogens with zero attached hydrogens (tertiary/aromatic N) is 1. The van der Waals surface area contributed by atoms with Crippen LogP contribution < -0.4 is 5.32 Å². The summed E-state index contributed by atoms with van der Waals surface area (Å²) in [7, 11) is 1.73. The Balaban J connectivity index is 2.10. The number of hydrogen-bond donors (Lipinski definition) is 1. The molecule has 4 nitrogen and oxygen atoms in total. The van der Waals surface area contributed by atoms with Crippen LogP contribution in [0.5, 0.6) is 0 Å². The molecule has 2 unspecified atom stereocenters. The fourth-order valence-electron chi connectivity index (χ4n) is 2.37. The average Bonchev–Trinajstić information content (AvgIpc) is 2.83. The van der Waals surface area contributed by atoms with E-state index in [0.717, 1.165) is 32.6 Å². The summed E-state index contributed by atoms with van der Waals surface area (Å²) < 4.78 is 10.8. The summed E-state index contributed by atoms with van der Waals surface area (Å²) in [5.74, 6) is 0. The van der Waals surface area contributed by atoms with Gasteiger partial charge in [-0.25, -0.2) is 4.98 Å². The third-order valence-electron chi connectivity index (χ3n) is 3.18. The number of nitrogens with one attached hydrogen (secondary N) is 1. The molecule has 1 aromatic rings. The van der Waals surface area contributed by atoms with Crippen molar-refractivity contribution in [3.05, 3.63) is 16.6 Å². The van der Waals surface area contributed by atoms with Crippen molar-refractivity contribution in [3.63, 3.8) is 0 Å². The van der Waals surface area contributed by atoms with E-state index >= 15 is 0 Å². The number of rotatable bonds is 5. The maximum absolute atomic E-state index is 5.64. The Morgan fingerprint density at radius 3 is 3.24 bits per heavy atom. The third kappa shape index (κ3) is 3.04. The maximum atomic E-state index is 5.64. The highest BCUT2D eigenvalue weighted by Crippen LogP contribution is 2.35. The first-order chi connectivity index (χ1) is 8.27. The van der Waals surface area contributed by atoms with E-state index < -0.39 is 0 Å². The predicted octanol–water partition coefficient (Wildman–Crippen LogP) is 1.77. The number of thiazole rings is 1. The molecular weight excluding hydrogens is 236 g/mol. The normalized spacial score (nSPS) is 29.4. The van der Waals surface area contributed by atoms with E-state index in [-0.39, 0.29) is 11.6 Å². The average molecular weight is 256 g/mol. The first kappa shape index (κ1) is 13.0. The topological polar surface area (TPSA) is 43.4 Å². The number of aromatic nitrogens is 1. The van der Waals surface area contributed by atoms with Crippen molar-refractivity contribution in [1.29, 1.82) is 0 Å². The van der Waals surface area contributed by atoms with Crippen LogP contribution >= 0.6 is 11.3 Å². The minimum Gasteiger partial charge on any atom is -0.383 e. The van der Waals surface area contributed by atoms with E-state index in [0.29, 0.717) is 0 Å². The standard InChI is InChI=1S/C12H20N2O2S/c1-10-9-12(3-6-16-10,14-4-7-15-2)11-13-5-8-17-11/h5,8,10,14H,3-4,6-7,9H2,1-2H3. The zero-order valence-electron chi connectivity index (χ0n) is 10.4. The fourth-order valence-corrected chi connectivity index (χ4v) is 3.22. The van der Waals surface area contributed by atoms with Crippen LogP contribution in [0.3, 0.4) is 0 Å². The van der Waals surface area contributed by atoms with Gasteiger partial charge in [0.2, 0.25) is 0 Å². The molecular formula is C12H20N2O2S. The van der Waals surface area contributed by atoms with Crippen LogP contribution in [0.15, 0.2) is 11.6 Å². The van der Waals surface area contributed by atoms with E-state index in [1.165, 1.54) is 5.01 Å². The summed E-state index contributed by atoms with van der Waals surface area (Å²) in [6.45, 7) is 4.49. The molecule has 1 aliphatic rings. The summed E-state index contributed by atoms with van der Waals surface area (Å²) in [5, 5.41) is 6.82. The monoisotopic (exact) mass is 256 g/mol. The molecule has 1 saturated heterocycles. The van der Waals surface area contributed by atoms with Crippen molar-refractivity contribution in [2.45, 2.75) is 31.4 Å². The van der Waals surface area contributed by atoms with E-state index in [1.54, 1.807) is 18.4 Å². The minimum atomic E-state index is -0.0234. The van der Waals surface area contributed by atoms with Crippen LogP contribution in [-0.4, -0.2) is 38.0 Å². The smallest absolute Gasteiger partial charge is 0.113 e. The van der Waals surface area contributed by atoms with Gasteiger partial charge in [0.05, 0.1) is 18.2 Å². The molecule has 2 atom stereocenters. The van der Waals surface area contributed by atoms with Crippen LogP contribution in [-0.2, 0) is 15.0 Å². The Morgan fingerprint density at radius 2 is 2.59 bits per heavy atom. The van der Waals surface area contributed by atoms with E-state index in [1.807, 2.05) is 11.6 Å². The Labute approximate surface area is 106 Å². The number of methoxy groups -OCH3 is 1. The summed E-state index contributed by atoms with van der Waals surface area (Å²) in [4.78, 5) is 4.48. The van der Waals surface area contributed by atoms with Crippen LogP contribution in [0.25, 0.3) is 0 Å². The second-order valence-corrected chi connectivity index (χ2v) is 5.37. The Kier molecular flexibility index (Phi) is 4.50. The molecule has 0 saturated carbocycles. The van der Waals surface area contributed by atoms with Crippen LogP contribution in [0.1, 0.15) is 24.8 Å². The Hall–Kier alpha value is -0.490. The summed E-state index contributed by atoms with van der Waals surface area (Å²) in [6, 6.07) is 0. The summed E-state index contributed by atoms with van der Waals surface area (Å²) >= 11 is 1.72. The van der Waals surface area contributed by atoms with E-state index in [9.17, 15) is 0 Å². The van der Waals surface area contributed by atoms with Crippen molar-refractivity contribution < 1.29 is 9.47 Å². The molecule has 1 aromatic heterocycles. The Bertz CT molecular complexity index is 331. The van der Waals surface area contributed by atoms with Crippen LogP contribution in [0, 0.1) is 0 Å². The van der Waals surface area contributed by atoms with Gasteiger partial charge in [-0.3, -0.25) is 0 Å². The molecule has 1 aliphatic heterocycles. The van der Waals surface area contributed by atoms with Gasteiger partial charge in [0.1, 0.15) is 5.01 Å². The van der Waals surface area contributed by atoms with E-state index in [2.05, 4.69) is 17.2 Å². The van der Waals surface area contributed by atoms with Crippen molar-refractivity contribution in [1.82, 2.24) is 10.3 Å². The maximum Gasteiger partial charge on any atom is 0.113 e. The second kappa shape index (κ2) is 5.91. The lowest BCUT2D eigenvalue weighted by molar-refractivity contribution is -0.0222. The second-order valence-electron chi connectivity index (χ2n) is 4.47. The lowest BCUT2D eigenvalue weighted by atomic mass is 9.87. The quantitative estimate of drug-likeness (QED) is 0.816. The van der Waals surface area contributed by atoms with Crippen molar-refractivity contribution >= 4 is 11.3 Å². The highest BCUT2D eigenvalue weighted by atomic mass is 32.1. The van der Waals surface area contributed by atoms with Gasteiger partial charge >= 0.3 is 0 Å². The van der Waals surface area contributed by atoms with Crippen LogP contribution in [0.2, 0.25) is 0 Å². The molecule has 0 amide bonds. The fraction of sp³-hybridized carbons (Fsp3) is 0.750. The largest absolute Gasteiger partial charge is 0.383 e. The van der Waals surface area contributed by atoms with Gasteiger partial charge < -0.3 is 14.8 Å². The molecule has 2 rings (SSSR count). The highest BCUT2D eigenvalue weighted by Gasteiger charge is 2.38. The Morgan fingerprint density at radius 1 is 1.71 bits per heavy atom. The molecule has 0 aliphatic carbocycles. The molecule has 96 valence electrons. The molecule has 17 heavy (non-hydrogen) atoms. The molecule has 0 spiro atoms. The van der Waals surface area contributed by atoms with Crippen molar-refractivity contribution in [2.75, 3.05) is 26.9 Å². The number of ether oxygens (including phenoxy) is 2.